The van der Waals surface area contributed by atoms with Gasteiger partial charge in [-0.2, -0.15) is 0 Å². The predicted octanol–water partition coefficient (Wildman–Crippen LogP) is 4.76. The summed E-state index contributed by atoms with van der Waals surface area (Å²) in [5.74, 6) is 0.929. The van der Waals surface area contributed by atoms with Crippen molar-refractivity contribution in [2.45, 2.75) is 37.3 Å². The van der Waals surface area contributed by atoms with Gasteiger partial charge in [0.15, 0.2) is 10.9 Å². The molecule has 0 saturated carbocycles. The highest BCUT2D eigenvalue weighted by atomic mass is 35.5. The minimum atomic E-state index is -0.469. The van der Waals surface area contributed by atoms with Gasteiger partial charge in [-0.25, -0.2) is 4.98 Å². The fourth-order valence-electron chi connectivity index (χ4n) is 4.81. The van der Waals surface area contributed by atoms with Crippen molar-refractivity contribution in [1.29, 1.82) is 0 Å². The molecule has 7 nitrogen and oxygen atoms in total. The normalized spacial score (nSPS) is 20.6. The predicted molar refractivity (Wildman–Crippen MR) is 152 cm³/mol. The van der Waals surface area contributed by atoms with Crippen LogP contribution in [0.15, 0.2) is 66.9 Å². The molecular weight excluding hydrogens is 526 g/mol. The zero-order valence-electron chi connectivity index (χ0n) is 19.9. The minimum Gasteiger partial charge on any atom is -0.354 e. The van der Waals surface area contributed by atoms with Gasteiger partial charge in [0.1, 0.15) is 0 Å². The number of fused-ring (bicyclic) bond motifs is 1. The summed E-state index contributed by atoms with van der Waals surface area (Å²) >= 11 is 13.2. The maximum Gasteiger partial charge on any atom is 0.253 e. The zero-order valence-corrected chi connectivity index (χ0v) is 22.3. The van der Waals surface area contributed by atoms with Gasteiger partial charge in [-0.05, 0) is 54.2 Å². The Morgan fingerprint density at radius 1 is 1.05 bits per heavy atom. The van der Waals surface area contributed by atoms with Gasteiger partial charge in [-0.15, -0.1) is 0 Å². The second-order valence-corrected chi connectivity index (χ2v) is 10.9. The molecule has 0 spiro atoms. The number of aromatic nitrogens is 1. The van der Waals surface area contributed by atoms with Crippen LogP contribution in [0, 0.1) is 0 Å². The van der Waals surface area contributed by atoms with Gasteiger partial charge >= 0.3 is 0 Å². The Labute approximate surface area is 230 Å². The van der Waals surface area contributed by atoms with E-state index >= 15 is 0 Å². The van der Waals surface area contributed by atoms with E-state index in [0.717, 1.165) is 12.8 Å². The number of hydrazine groups is 1. The number of benzene rings is 2. The first-order valence-corrected chi connectivity index (χ1v) is 13.8. The van der Waals surface area contributed by atoms with Crippen LogP contribution in [0.3, 0.4) is 0 Å². The molecule has 2 aromatic carbocycles. The number of thiocarbonyl (C=S) groups is 1. The first kappa shape index (κ1) is 25.5. The summed E-state index contributed by atoms with van der Waals surface area (Å²) in [4.78, 5) is 28.6. The monoisotopic (exact) mass is 551 g/mol. The highest BCUT2D eigenvalue weighted by Gasteiger charge is 2.31. The number of nitrogens with one attached hydrogen (secondary N) is 4. The van der Waals surface area contributed by atoms with Crippen LogP contribution in [-0.2, 0) is 11.2 Å². The topological polar surface area (TPSA) is 95.2 Å². The second-order valence-electron chi connectivity index (χ2n) is 8.99. The number of hydrogen-bond donors (Lipinski definition) is 4. The summed E-state index contributed by atoms with van der Waals surface area (Å²) in [7, 11) is 0. The largest absolute Gasteiger partial charge is 0.354 e. The van der Waals surface area contributed by atoms with Crippen LogP contribution in [0.2, 0.25) is 5.02 Å². The van der Waals surface area contributed by atoms with E-state index in [1.165, 1.54) is 40.7 Å². The number of aryl methyl sites for hydroxylation is 1. The van der Waals surface area contributed by atoms with E-state index in [1.807, 2.05) is 6.07 Å². The number of thioether (sulfide) groups is 1. The lowest BCUT2D eigenvalue weighted by Crippen LogP contribution is -2.43. The molecule has 0 radical (unpaired) electrons. The standard InChI is InChI=1S/C27H26ClN5O2S2/c28-21-14-18(25(34)30-22-12-13-37-26(22)35)15-29-24(21)32-33-27(36)31-23-19-9-5-4-8-17(19)10-11-20(23)16-6-2-1-3-7-16/h1-9,14-15,20,22-23H,10-13H2,(H,29,32)(H,30,34)(H2,31,33,36)/t20-,22?,23-/m1/s1. The molecule has 2 aliphatic rings. The lowest BCUT2D eigenvalue weighted by Gasteiger charge is -2.35. The number of carbonyl (C=O) groups excluding carboxylic acids is 2. The highest BCUT2D eigenvalue weighted by molar-refractivity contribution is 8.14. The Hall–Kier alpha value is -3.14. The van der Waals surface area contributed by atoms with Crippen molar-refractivity contribution in [3.8, 4) is 0 Å². The zero-order chi connectivity index (χ0) is 25.8. The Kier molecular flexibility index (Phi) is 7.93. The number of pyridine rings is 1. The molecule has 10 heteroatoms. The molecule has 1 aromatic heterocycles. The number of hydrogen-bond acceptors (Lipinski definition) is 6. The van der Waals surface area contributed by atoms with Crippen molar-refractivity contribution in [1.82, 2.24) is 21.0 Å². The molecule has 2 heterocycles. The molecular formula is C27H26ClN5O2S2. The minimum absolute atomic E-state index is 0.000106. The van der Waals surface area contributed by atoms with E-state index in [-0.39, 0.29) is 33.6 Å². The SMILES string of the molecule is O=C(NC1CCSC1=O)c1cnc(NNC(=S)N[C@@H]2c3ccccc3CC[C@@H]2c2ccccc2)c(Cl)c1. The summed E-state index contributed by atoms with van der Waals surface area (Å²) in [5, 5.41) is 6.85. The fourth-order valence-corrected chi connectivity index (χ4v) is 6.14. The van der Waals surface area contributed by atoms with Crippen LogP contribution in [-0.4, -0.2) is 32.9 Å². The van der Waals surface area contributed by atoms with E-state index in [2.05, 4.69) is 75.0 Å². The molecule has 1 unspecified atom stereocenters. The van der Waals surface area contributed by atoms with Gasteiger partial charge in [0.2, 0.25) is 5.12 Å². The number of nitrogens with zero attached hydrogens (tertiary/aromatic N) is 1. The number of anilines is 1. The third kappa shape index (κ3) is 5.89. The Morgan fingerprint density at radius 2 is 1.84 bits per heavy atom. The van der Waals surface area contributed by atoms with E-state index < -0.39 is 6.04 Å². The van der Waals surface area contributed by atoms with Crippen LogP contribution in [0.1, 0.15) is 51.8 Å². The Bertz CT molecular complexity index is 1320. The Balaban J connectivity index is 1.24. The quantitative estimate of drug-likeness (QED) is 0.257. The van der Waals surface area contributed by atoms with E-state index in [0.29, 0.717) is 23.1 Å². The van der Waals surface area contributed by atoms with Gasteiger partial charge in [0, 0.05) is 17.9 Å². The average Bonchev–Trinajstić information content (AvgIpc) is 3.32. The summed E-state index contributed by atoms with van der Waals surface area (Å²) in [5.41, 5.74) is 10.0. The summed E-state index contributed by atoms with van der Waals surface area (Å²) in [6.07, 6.45) is 4.06. The summed E-state index contributed by atoms with van der Waals surface area (Å²) < 4.78 is 0. The number of carbonyl (C=O) groups is 2. The van der Waals surface area contributed by atoms with Gasteiger partial charge in [-0.3, -0.25) is 20.4 Å². The molecule has 190 valence electrons. The molecule has 1 aliphatic heterocycles. The number of halogens is 1. The van der Waals surface area contributed by atoms with Crippen LogP contribution in [0.25, 0.3) is 0 Å². The van der Waals surface area contributed by atoms with Crippen LogP contribution in [0.4, 0.5) is 5.82 Å². The maximum absolute atomic E-state index is 12.5. The van der Waals surface area contributed by atoms with Gasteiger partial charge in [-0.1, -0.05) is 78.0 Å². The average molecular weight is 552 g/mol. The van der Waals surface area contributed by atoms with Gasteiger partial charge < -0.3 is 10.6 Å². The van der Waals surface area contributed by atoms with Crippen molar-refractivity contribution >= 4 is 57.5 Å². The van der Waals surface area contributed by atoms with Crippen molar-refractivity contribution in [2.75, 3.05) is 11.2 Å². The first-order chi connectivity index (χ1) is 18.0. The van der Waals surface area contributed by atoms with E-state index in [4.69, 9.17) is 23.8 Å². The van der Waals surface area contributed by atoms with Crippen LogP contribution in [0.5, 0.6) is 0 Å². The van der Waals surface area contributed by atoms with Crippen LogP contribution >= 0.6 is 35.6 Å². The fraction of sp³-hybridized carbons (Fsp3) is 0.259. The molecule has 5 rings (SSSR count). The maximum atomic E-state index is 12.5. The molecule has 0 bridgehead atoms. The third-order valence-electron chi connectivity index (χ3n) is 6.67. The summed E-state index contributed by atoms with van der Waals surface area (Å²) in [6, 6.07) is 20.0. The van der Waals surface area contributed by atoms with Crippen molar-refractivity contribution in [3.05, 3.63) is 94.1 Å². The summed E-state index contributed by atoms with van der Waals surface area (Å²) in [6.45, 7) is 0. The molecule has 4 N–H and O–H groups in total. The molecule has 1 saturated heterocycles. The number of rotatable bonds is 6. The van der Waals surface area contributed by atoms with Crippen molar-refractivity contribution in [2.24, 2.45) is 0 Å². The van der Waals surface area contributed by atoms with Gasteiger partial charge in [0.05, 0.1) is 22.7 Å². The van der Waals surface area contributed by atoms with E-state index in [1.54, 1.807) is 0 Å². The van der Waals surface area contributed by atoms with Gasteiger partial charge in [0.25, 0.3) is 5.91 Å². The smallest absolute Gasteiger partial charge is 0.253 e. The lowest BCUT2D eigenvalue weighted by atomic mass is 9.76. The molecule has 3 aromatic rings. The molecule has 37 heavy (non-hydrogen) atoms. The van der Waals surface area contributed by atoms with E-state index in [9.17, 15) is 9.59 Å². The van der Waals surface area contributed by atoms with Crippen LogP contribution < -0.4 is 21.5 Å². The molecule has 1 fully saturated rings. The van der Waals surface area contributed by atoms with Crippen molar-refractivity contribution < 1.29 is 9.59 Å². The third-order valence-corrected chi connectivity index (χ3v) is 8.19. The highest BCUT2D eigenvalue weighted by Crippen LogP contribution is 2.40. The first-order valence-electron chi connectivity index (χ1n) is 12.1. The second kappa shape index (κ2) is 11.5. The number of amides is 1. The molecule has 1 aliphatic carbocycles. The molecule has 3 atom stereocenters. The lowest BCUT2D eigenvalue weighted by molar-refractivity contribution is -0.112. The molecule has 1 amide bonds. The van der Waals surface area contributed by atoms with Crippen molar-refractivity contribution in [3.63, 3.8) is 0 Å². The Morgan fingerprint density at radius 3 is 2.59 bits per heavy atom.